The molecule has 0 saturated carbocycles. The second-order valence-corrected chi connectivity index (χ2v) is 6.61. The molecule has 2 atom stereocenters. The minimum absolute atomic E-state index is 0.0233. The normalized spacial score (nSPS) is 31.7. The van der Waals surface area contributed by atoms with E-state index in [0.29, 0.717) is 0 Å². The van der Waals surface area contributed by atoms with Crippen LogP contribution in [0.1, 0.15) is 33.1 Å². The summed E-state index contributed by atoms with van der Waals surface area (Å²) in [6, 6.07) is 0.249. The summed E-state index contributed by atoms with van der Waals surface area (Å²) in [6.07, 6.45) is 3.11. The first-order valence-corrected chi connectivity index (χ1v) is 7.71. The Labute approximate surface area is 114 Å². The number of hydrogen-bond donors (Lipinski definition) is 1. The molecule has 0 aliphatic carbocycles. The maximum absolute atomic E-state index is 12.6. The fourth-order valence-corrected chi connectivity index (χ4v) is 3.48. The molecule has 18 heavy (non-hydrogen) atoms. The number of nitrogens with zero attached hydrogens (tertiary/aromatic N) is 2. The van der Waals surface area contributed by atoms with Crippen molar-refractivity contribution in [2.24, 2.45) is 4.99 Å². The summed E-state index contributed by atoms with van der Waals surface area (Å²) in [6.45, 7) is 5.11. The number of likely N-dealkylation sites (N-methyl/N-ethyl adjacent to an activating group) is 1. The Morgan fingerprint density at radius 2 is 2.39 bits per heavy atom. The molecule has 2 aliphatic heterocycles. The van der Waals surface area contributed by atoms with Gasteiger partial charge in [0, 0.05) is 17.8 Å². The van der Waals surface area contributed by atoms with E-state index in [0.717, 1.165) is 31.6 Å². The molecule has 2 rings (SSSR count). The van der Waals surface area contributed by atoms with Gasteiger partial charge in [0.1, 0.15) is 0 Å². The van der Waals surface area contributed by atoms with Gasteiger partial charge in [-0.05, 0) is 40.2 Å². The summed E-state index contributed by atoms with van der Waals surface area (Å²) in [5.74, 6) is 1.25. The van der Waals surface area contributed by atoms with Crippen LogP contribution in [-0.2, 0) is 4.79 Å². The second kappa shape index (κ2) is 5.61. The Kier molecular flexibility index (Phi) is 4.33. The van der Waals surface area contributed by atoms with Crippen molar-refractivity contribution in [3.05, 3.63) is 0 Å². The largest absolute Gasteiger partial charge is 0.334 e. The Hall–Kier alpha value is -0.550. The summed E-state index contributed by atoms with van der Waals surface area (Å²) in [5.41, 5.74) is 1.86. The highest BCUT2D eigenvalue weighted by molar-refractivity contribution is 8.12. The molecule has 0 radical (unpaired) electrons. The summed E-state index contributed by atoms with van der Waals surface area (Å²) in [7, 11) is 1.88. The Bertz CT molecular complexity index is 343. The highest BCUT2D eigenvalue weighted by atomic mass is 32.2. The summed E-state index contributed by atoms with van der Waals surface area (Å²) in [5, 5.41) is 3.15. The van der Waals surface area contributed by atoms with Gasteiger partial charge < -0.3 is 10.2 Å². The van der Waals surface area contributed by atoms with Gasteiger partial charge >= 0.3 is 0 Å². The number of nitrogens with one attached hydrogen (secondary N) is 1. The molecule has 1 N–H and O–H groups in total. The van der Waals surface area contributed by atoms with Gasteiger partial charge in [0.25, 0.3) is 0 Å². The van der Waals surface area contributed by atoms with E-state index in [1.54, 1.807) is 11.8 Å². The lowest BCUT2D eigenvalue weighted by molar-refractivity contribution is -0.137. The van der Waals surface area contributed by atoms with Gasteiger partial charge in [-0.2, -0.15) is 0 Å². The van der Waals surface area contributed by atoms with E-state index >= 15 is 0 Å². The molecule has 2 unspecified atom stereocenters. The third-order valence-corrected chi connectivity index (χ3v) is 4.80. The van der Waals surface area contributed by atoms with Gasteiger partial charge in [-0.25, -0.2) is 0 Å². The van der Waals surface area contributed by atoms with Crippen LogP contribution in [0.4, 0.5) is 0 Å². The van der Waals surface area contributed by atoms with Crippen LogP contribution in [0.25, 0.3) is 0 Å². The van der Waals surface area contributed by atoms with Crippen molar-refractivity contribution in [2.45, 2.75) is 50.7 Å². The Balaban J connectivity index is 2.13. The zero-order valence-corrected chi connectivity index (χ0v) is 12.3. The van der Waals surface area contributed by atoms with Gasteiger partial charge in [-0.15, -0.1) is 11.8 Å². The average molecular weight is 269 g/mol. The molecule has 1 saturated heterocycles. The molecule has 0 spiro atoms. The van der Waals surface area contributed by atoms with Crippen molar-refractivity contribution < 1.29 is 4.79 Å². The van der Waals surface area contributed by atoms with E-state index in [1.165, 1.54) is 0 Å². The second-order valence-electron chi connectivity index (χ2n) is 5.74. The number of likely N-dealkylation sites (tertiary alicyclic amines) is 1. The van der Waals surface area contributed by atoms with Crippen molar-refractivity contribution in [2.75, 3.05) is 19.3 Å². The number of rotatable bonds is 3. The zero-order chi connectivity index (χ0) is 13.2. The lowest BCUT2D eigenvalue weighted by Crippen LogP contribution is -2.54. The van der Waals surface area contributed by atoms with Crippen LogP contribution in [0.2, 0.25) is 0 Å². The molecule has 1 fully saturated rings. The van der Waals surface area contributed by atoms with E-state index in [1.807, 2.05) is 12.6 Å². The van der Waals surface area contributed by atoms with Crippen molar-refractivity contribution >= 4 is 23.2 Å². The van der Waals surface area contributed by atoms with Gasteiger partial charge in [0.05, 0.1) is 17.6 Å². The minimum Gasteiger partial charge on any atom is -0.334 e. The fraction of sp³-hybridized carbons (Fsp3) is 0.846. The van der Waals surface area contributed by atoms with Crippen molar-refractivity contribution in [1.82, 2.24) is 10.2 Å². The number of hydrogen-bond acceptors (Lipinski definition) is 4. The van der Waals surface area contributed by atoms with Crippen LogP contribution in [0.5, 0.6) is 0 Å². The van der Waals surface area contributed by atoms with E-state index in [-0.39, 0.29) is 23.5 Å². The summed E-state index contributed by atoms with van der Waals surface area (Å²) >= 11 is 1.74. The third-order valence-electron chi connectivity index (χ3n) is 3.95. The Morgan fingerprint density at radius 3 is 3.00 bits per heavy atom. The van der Waals surface area contributed by atoms with Crippen LogP contribution < -0.4 is 5.32 Å². The molecule has 0 aromatic heterocycles. The first-order chi connectivity index (χ1) is 8.54. The van der Waals surface area contributed by atoms with E-state index in [4.69, 9.17) is 0 Å². The lowest BCUT2D eigenvalue weighted by atomic mass is 9.96. The number of carbonyl (C=O) groups excluding carboxylic acids is 1. The first-order valence-electron chi connectivity index (χ1n) is 6.66. The third kappa shape index (κ3) is 2.88. The average Bonchev–Trinajstić information content (AvgIpc) is 2.80. The lowest BCUT2D eigenvalue weighted by Gasteiger charge is -2.39. The van der Waals surface area contributed by atoms with Crippen molar-refractivity contribution in [3.8, 4) is 0 Å². The fourth-order valence-electron chi connectivity index (χ4n) is 2.73. The number of aliphatic imine (C=N–C) groups is 1. The van der Waals surface area contributed by atoms with E-state index < -0.39 is 0 Å². The Morgan fingerprint density at radius 1 is 1.61 bits per heavy atom. The smallest absolute Gasteiger partial charge is 0.240 e. The predicted octanol–water partition coefficient (Wildman–Crippen LogP) is 1.51. The molecular formula is C13H23N3OS. The highest BCUT2D eigenvalue weighted by Crippen LogP contribution is 2.28. The topological polar surface area (TPSA) is 44.7 Å². The van der Waals surface area contributed by atoms with Gasteiger partial charge in [0.2, 0.25) is 5.91 Å². The molecule has 2 aliphatic rings. The number of amides is 1. The summed E-state index contributed by atoms with van der Waals surface area (Å²) in [4.78, 5) is 19.1. The zero-order valence-electron chi connectivity index (χ0n) is 11.5. The van der Waals surface area contributed by atoms with E-state index in [9.17, 15) is 4.79 Å². The maximum Gasteiger partial charge on any atom is 0.240 e. The maximum atomic E-state index is 12.6. The molecule has 4 nitrogen and oxygen atoms in total. The molecule has 0 bridgehead atoms. The minimum atomic E-state index is -0.0501. The highest BCUT2D eigenvalue weighted by Gasteiger charge is 2.38. The van der Waals surface area contributed by atoms with Crippen molar-refractivity contribution in [1.29, 1.82) is 0 Å². The van der Waals surface area contributed by atoms with Gasteiger partial charge in [-0.1, -0.05) is 0 Å². The molecule has 0 aromatic carbocycles. The van der Waals surface area contributed by atoms with Crippen LogP contribution in [0.3, 0.4) is 0 Å². The molecule has 5 heteroatoms. The standard InChI is InChI=1S/C13H23N3OS/c1-13(2)6-4-5-11(14-3)12(17)16(13)7-10-8-18-9-15-10/h9-11,14H,4-8H2,1-3H3. The summed E-state index contributed by atoms with van der Waals surface area (Å²) < 4.78 is 0. The van der Waals surface area contributed by atoms with Gasteiger partial charge in [0.15, 0.2) is 0 Å². The van der Waals surface area contributed by atoms with Crippen LogP contribution in [-0.4, -0.2) is 53.3 Å². The molecule has 1 amide bonds. The molecule has 2 heterocycles. The van der Waals surface area contributed by atoms with Gasteiger partial charge in [-0.3, -0.25) is 9.79 Å². The predicted molar refractivity (Wildman–Crippen MR) is 77.2 cm³/mol. The quantitative estimate of drug-likeness (QED) is 0.844. The first kappa shape index (κ1) is 13.9. The number of thioether (sulfide) groups is 1. The monoisotopic (exact) mass is 269 g/mol. The van der Waals surface area contributed by atoms with Crippen LogP contribution >= 0.6 is 11.8 Å². The number of carbonyl (C=O) groups is 1. The van der Waals surface area contributed by atoms with Crippen LogP contribution in [0, 0.1) is 0 Å². The van der Waals surface area contributed by atoms with E-state index in [2.05, 4.69) is 29.1 Å². The molecular weight excluding hydrogens is 246 g/mol. The molecule has 0 aromatic rings. The van der Waals surface area contributed by atoms with Crippen molar-refractivity contribution in [3.63, 3.8) is 0 Å². The molecule has 102 valence electrons. The SMILES string of the molecule is CNC1CCCC(C)(C)N(CC2CSC=N2)C1=O. The van der Waals surface area contributed by atoms with Crippen LogP contribution in [0.15, 0.2) is 4.99 Å².